The summed E-state index contributed by atoms with van der Waals surface area (Å²) in [5, 5.41) is 2.62. The monoisotopic (exact) mass is 162 g/mol. The summed E-state index contributed by atoms with van der Waals surface area (Å²) in [6.45, 7) is 0.531. The Hall–Kier alpha value is -1.71. The van der Waals surface area contributed by atoms with Crippen molar-refractivity contribution < 1.29 is 9.78 Å². The van der Waals surface area contributed by atoms with Crippen LogP contribution < -0.4 is 10.3 Å². The van der Waals surface area contributed by atoms with Gasteiger partial charge in [-0.15, -0.1) is 0 Å². The number of pyridine rings is 1. The summed E-state index contributed by atoms with van der Waals surface area (Å²) in [6.07, 6.45) is 3.61. The van der Waals surface area contributed by atoms with Crippen molar-refractivity contribution in [3.63, 3.8) is 0 Å². The molecule has 2 rings (SSSR count). The number of rotatable bonds is 1. The van der Waals surface area contributed by atoms with E-state index in [0.29, 0.717) is 6.54 Å². The second-order valence-corrected chi connectivity index (χ2v) is 2.51. The zero-order chi connectivity index (χ0) is 8.39. The third kappa shape index (κ3) is 1.18. The van der Waals surface area contributed by atoms with E-state index >= 15 is 0 Å². The van der Waals surface area contributed by atoms with Crippen LogP contribution in [0.4, 0.5) is 4.79 Å². The van der Waals surface area contributed by atoms with E-state index in [-0.39, 0.29) is 6.03 Å². The average molecular weight is 162 g/mol. The molecule has 4 nitrogen and oxygen atoms in total. The van der Waals surface area contributed by atoms with Gasteiger partial charge in [0.1, 0.15) is 0 Å². The molecule has 0 aromatic carbocycles. The lowest BCUT2D eigenvalue weighted by Crippen LogP contribution is -2.17. The van der Waals surface area contributed by atoms with Crippen molar-refractivity contribution >= 4 is 11.7 Å². The Labute approximate surface area is 69.3 Å². The molecule has 0 bridgehead atoms. The first-order chi connectivity index (χ1) is 5.86. The SMILES string of the molecule is O=C1N=C(c2cc[nH+]cc2)CN1. The van der Waals surface area contributed by atoms with Gasteiger partial charge in [0, 0.05) is 17.7 Å². The predicted molar refractivity (Wildman–Crippen MR) is 42.9 cm³/mol. The minimum Gasteiger partial charge on any atom is -0.331 e. The van der Waals surface area contributed by atoms with Gasteiger partial charge in [0.25, 0.3) is 0 Å². The van der Waals surface area contributed by atoms with Crippen LogP contribution in [0.25, 0.3) is 0 Å². The number of nitrogens with one attached hydrogen (secondary N) is 2. The summed E-state index contributed by atoms with van der Waals surface area (Å²) in [5.41, 5.74) is 1.78. The second-order valence-electron chi connectivity index (χ2n) is 2.51. The van der Waals surface area contributed by atoms with Gasteiger partial charge >= 0.3 is 6.03 Å². The summed E-state index contributed by atoms with van der Waals surface area (Å²) >= 11 is 0. The summed E-state index contributed by atoms with van der Waals surface area (Å²) in [4.78, 5) is 17.4. The standard InChI is InChI=1S/C8H7N3O/c12-8-10-5-7(11-8)6-1-3-9-4-2-6/h1-4H,5H2,(H,10,12)/p+1. The van der Waals surface area contributed by atoms with Gasteiger partial charge in [0.15, 0.2) is 12.4 Å². The first-order valence-electron chi connectivity index (χ1n) is 3.68. The largest absolute Gasteiger partial charge is 0.341 e. The highest BCUT2D eigenvalue weighted by Gasteiger charge is 2.13. The Morgan fingerprint density at radius 2 is 2.17 bits per heavy atom. The molecular weight excluding hydrogens is 154 g/mol. The number of H-pyrrole nitrogens is 1. The molecule has 0 spiro atoms. The van der Waals surface area contributed by atoms with Crippen LogP contribution in [0.15, 0.2) is 29.5 Å². The number of carbonyl (C=O) groups excluding carboxylic acids is 1. The van der Waals surface area contributed by atoms with Crippen molar-refractivity contribution in [2.45, 2.75) is 0 Å². The van der Waals surface area contributed by atoms with Crippen molar-refractivity contribution in [1.29, 1.82) is 0 Å². The molecule has 0 saturated heterocycles. The summed E-state index contributed by atoms with van der Waals surface area (Å²) in [5.74, 6) is 0. The number of nitrogens with zero attached hydrogens (tertiary/aromatic N) is 1. The molecule has 1 aliphatic heterocycles. The van der Waals surface area contributed by atoms with E-state index in [4.69, 9.17) is 0 Å². The first-order valence-corrected chi connectivity index (χ1v) is 3.68. The first kappa shape index (κ1) is 6.97. The Balaban J connectivity index is 2.33. The molecule has 0 fully saturated rings. The van der Waals surface area contributed by atoms with Crippen LogP contribution in [0, 0.1) is 0 Å². The molecule has 0 unspecified atom stereocenters. The molecular formula is C8H8N3O+. The summed E-state index contributed by atoms with van der Waals surface area (Å²) in [7, 11) is 0. The van der Waals surface area contributed by atoms with E-state index in [1.54, 1.807) is 12.4 Å². The van der Waals surface area contributed by atoms with Gasteiger partial charge in [-0.2, -0.15) is 4.99 Å². The molecule has 0 atom stereocenters. The normalized spacial score (nSPS) is 15.7. The molecule has 1 aromatic rings. The Kier molecular flexibility index (Phi) is 1.59. The summed E-state index contributed by atoms with van der Waals surface area (Å²) < 4.78 is 0. The molecule has 2 heterocycles. The Morgan fingerprint density at radius 3 is 2.75 bits per heavy atom. The van der Waals surface area contributed by atoms with Crippen LogP contribution in [-0.2, 0) is 0 Å². The maximum absolute atomic E-state index is 10.7. The smallest absolute Gasteiger partial charge is 0.331 e. The molecule has 0 aliphatic carbocycles. The number of hydrogen-bond acceptors (Lipinski definition) is 1. The van der Waals surface area contributed by atoms with E-state index in [0.717, 1.165) is 11.3 Å². The number of aromatic amines is 1. The van der Waals surface area contributed by atoms with E-state index in [9.17, 15) is 4.79 Å². The number of hydrogen-bond donors (Lipinski definition) is 1. The minimum absolute atomic E-state index is 0.252. The number of aliphatic imine (C=N–C) groups is 1. The highest BCUT2D eigenvalue weighted by Crippen LogP contribution is 2.01. The third-order valence-corrected chi connectivity index (χ3v) is 1.70. The molecule has 0 saturated carbocycles. The Morgan fingerprint density at radius 1 is 1.42 bits per heavy atom. The van der Waals surface area contributed by atoms with Gasteiger partial charge < -0.3 is 5.32 Å². The molecule has 12 heavy (non-hydrogen) atoms. The van der Waals surface area contributed by atoms with E-state index in [1.165, 1.54) is 0 Å². The van der Waals surface area contributed by atoms with Crippen LogP contribution in [-0.4, -0.2) is 18.3 Å². The quantitative estimate of drug-likeness (QED) is 0.621. The maximum atomic E-state index is 10.7. The fraction of sp³-hybridized carbons (Fsp3) is 0.125. The highest BCUT2D eigenvalue weighted by atomic mass is 16.2. The molecule has 2 N–H and O–H groups in total. The predicted octanol–water partition coefficient (Wildman–Crippen LogP) is 0.0130. The maximum Gasteiger partial charge on any atom is 0.341 e. The van der Waals surface area contributed by atoms with Crippen LogP contribution in [0.5, 0.6) is 0 Å². The van der Waals surface area contributed by atoms with E-state index < -0.39 is 0 Å². The van der Waals surface area contributed by atoms with Gasteiger partial charge in [-0.05, 0) is 0 Å². The highest BCUT2D eigenvalue weighted by molar-refractivity contribution is 6.11. The molecule has 0 radical (unpaired) electrons. The van der Waals surface area contributed by atoms with Crippen LogP contribution in [0.2, 0.25) is 0 Å². The van der Waals surface area contributed by atoms with E-state index in [2.05, 4.69) is 15.3 Å². The molecule has 1 aliphatic rings. The number of urea groups is 1. The number of carbonyl (C=O) groups is 1. The van der Waals surface area contributed by atoms with Crippen molar-refractivity contribution in [1.82, 2.24) is 5.32 Å². The van der Waals surface area contributed by atoms with Crippen molar-refractivity contribution in [2.75, 3.05) is 6.54 Å². The van der Waals surface area contributed by atoms with Gasteiger partial charge in [-0.3, -0.25) is 0 Å². The van der Waals surface area contributed by atoms with Gasteiger partial charge in [-0.25, -0.2) is 9.78 Å². The zero-order valence-corrected chi connectivity index (χ0v) is 6.37. The third-order valence-electron chi connectivity index (χ3n) is 1.70. The Bertz CT molecular complexity index is 331. The van der Waals surface area contributed by atoms with Crippen LogP contribution in [0.1, 0.15) is 5.56 Å². The second kappa shape index (κ2) is 2.73. The van der Waals surface area contributed by atoms with Crippen molar-refractivity contribution in [3.05, 3.63) is 30.1 Å². The van der Waals surface area contributed by atoms with E-state index in [1.807, 2.05) is 12.1 Å². The number of aromatic nitrogens is 1. The average Bonchev–Trinajstić information content (AvgIpc) is 2.54. The van der Waals surface area contributed by atoms with Crippen molar-refractivity contribution in [3.8, 4) is 0 Å². The fourth-order valence-electron chi connectivity index (χ4n) is 1.11. The van der Waals surface area contributed by atoms with Gasteiger partial charge in [0.2, 0.25) is 0 Å². The lowest BCUT2D eigenvalue weighted by atomic mass is 10.2. The fourth-order valence-corrected chi connectivity index (χ4v) is 1.11. The topological polar surface area (TPSA) is 55.6 Å². The zero-order valence-electron chi connectivity index (χ0n) is 6.37. The summed E-state index contributed by atoms with van der Waals surface area (Å²) in [6, 6.07) is 3.52. The molecule has 60 valence electrons. The lowest BCUT2D eigenvalue weighted by molar-refractivity contribution is -0.378. The molecule has 2 amide bonds. The van der Waals surface area contributed by atoms with Gasteiger partial charge in [-0.1, -0.05) is 0 Å². The molecule has 1 aromatic heterocycles. The molecule has 4 heteroatoms. The van der Waals surface area contributed by atoms with Crippen LogP contribution in [0.3, 0.4) is 0 Å². The number of amides is 2. The van der Waals surface area contributed by atoms with Crippen LogP contribution >= 0.6 is 0 Å². The van der Waals surface area contributed by atoms with Crippen molar-refractivity contribution in [2.24, 2.45) is 4.99 Å². The van der Waals surface area contributed by atoms with Gasteiger partial charge in [0.05, 0.1) is 12.3 Å². The lowest BCUT2D eigenvalue weighted by Gasteiger charge is -1.93. The minimum atomic E-state index is -0.252.